The normalized spacial score (nSPS) is 34.1. The lowest BCUT2D eigenvalue weighted by atomic mass is 9.27. The molecule has 0 amide bonds. The number of hydrogen-bond acceptors (Lipinski definition) is 1. The van der Waals surface area contributed by atoms with Crippen molar-refractivity contribution in [2.24, 2.45) is 45.8 Å². The SMILES string of the molecule is CC1(C)CCC(C)(C)C2C1=CC=CC2N(c1ccc(-c2ccc3c(c2)C2(c4ccccc4-3)C3CC4CC5CC2C53C4)cc1)c1ccc2ccccc2c1. The topological polar surface area (TPSA) is 3.24 Å². The van der Waals surface area contributed by atoms with Crippen molar-refractivity contribution in [3.63, 3.8) is 0 Å². The van der Waals surface area contributed by atoms with Gasteiger partial charge < -0.3 is 4.90 Å². The summed E-state index contributed by atoms with van der Waals surface area (Å²) < 4.78 is 0. The molecule has 0 saturated heterocycles. The van der Waals surface area contributed by atoms with Gasteiger partial charge in [-0.2, -0.15) is 0 Å². The second-order valence-electron chi connectivity index (χ2n) is 19.7. The Morgan fingerprint density at radius 2 is 1.36 bits per heavy atom. The lowest BCUT2D eigenvalue weighted by Gasteiger charge is -2.76. The molecule has 0 aliphatic heterocycles. The first-order chi connectivity index (χ1) is 25.7. The summed E-state index contributed by atoms with van der Waals surface area (Å²) in [4.78, 5) is 2.66. The molecule has 0 heterocycles. The monoisotopic (exact) mass is 689 g/mol. The Morgan fingerprint density at radius 1 is 0.623 bits per heavy atom. The average molecular weight is 690 g/mol. The van der Waals surface area contributed by atoms with Crippen LogP contribution in [0, 0.1) is 45.8 Å². The van der Waals surface area contributed by atoms with Crippen LogP contribution in [0.4, 0.5) is 11.4 Å². The summed E-state index contributed by atoms with van der Waals surface area (Å²) in [6, 6.07) is 42.8. The van der Waals surface area contributed by atoms with E-state index in [0.29, 0.717) is 11.3 Å². The van der Waals surface area contributed by atoms with Crippen LogP contribution in [0.15, 0.2) is 133 Å². The Labute approximate surface area is 315 Å². The zero-order valence-corrected chi connectivity index (χ0v) is 31.8. The number of benzene rings is 5. The van der Waals surface area contributed by atoms with Gasteiger partial charge in [0.2, 0.25) is 0 Å². The fourth-order valence-electron chi connectivity index (χ4n) is 14.5. The molecule has 0 N–H and O–H groups in total. The summed E-state index contributed by atoms with van der Waals surface area (Å²) in [6.45, 7) is 9.96. The first kappa shape index (κ1) is 31.0. The van der Waals surface area contributed by atoms with Gasteiger partial charge in [0.15, 0.2) is 0 Å². The molecule has 8 unspecified atom stereocenters. The standard InChI is InChI=1S/C52H51N/c1-49(2)24-25-50(3,4)48-43(49)14-9-15-45(48)53(39-22-18-33-10-5-6-11-35(33)28-39)38-20-16-34(17-21-38)36-19-23-41-40-12-7-8-13-42(40)52(44(41)29-36)46-27-32-26-37-30-47(52)51(37,46)31-32/h5-23,28-29,32,37,45-48H,24-27,30-31H2,1-4H3. The van der Waals surface area contributed by atoms with Gasteiger partial charge in [-0.1, -0.05) is 130 Å². The predicted octanol–water partition coefficient (Wildman–Crippen LogP) is 13.3. The van der Waals surface area contributed by atoms with Crippen LogP contribution in [0.3, 0.4) is 0 Å². The maximum atomic E-state index is 2.66. The van der Waals surface area contributed by atoms with Crippen LogP contribution in [0.2, 0.25) is 0 Å². The molecule has 12 rings (SSSR count). The average Bonchev–Trinajstić information content (AvgIpc) is 3.81. The Morgan fingerprint density at radius 3 is 2.21 bits per heavy atom. The largest absolute Gasteiger partial charge is 0.334 e. The minimum atomic E-state index is 0.198. The van der Waals surface area contributed by atoms with E-state index in [1.54, 1.807) is 16.7 Å². The number of allylic oxidation sites excluding steroid dienone is 2. The van der Waals surface area contributed by atoms with Gasteiger partial charge >= 0.3 is 0 Å². The summed E-state index contributed by atoms with van der Waals surface area (Å²) in [5.41, 5.74) is 14.5. The van der Waals surface area contributed by atoms with Crippen LogP contribution in [0.1, 0.15) is 77.3 Å². The summed E-state index contributed by atoms with van der Waals surface area (Å²) >= 11 is 0. The molecule has 2 bridgehead atoms. The van der Waals surface area contributed by atoms with Crippen molar-refractivity contribution < 1.29 is 0 Å². The van der Waals surface area contributed by atoms with Gasteiger partial charge in [0.05, 0.1) is 6.04 Å². The van der Waals surface area contributed by atoms with Gasteiger partial charge in [-0.15, -0.1) is 0 Å². The predicted molar refractivity (Wildman–Crippen MR) is 220 cm³/mol. The Hall–Kier alpha value is -4.36. The van der Waals surface area contributed by atoms with Gasteiger partial charge in [-0.3, -0.25) is 0 Å². The van der Waals surface area contributed by atoms with Crippen LogP contribution in [-0.4, -0.2) is 6.04 Å². The highest BCUT2D eigenvalue weighted by Gasteiger charge is 2.84. The molecule has 7 aliphatic carbocycles. The van der Waals surface area contributed by atoms with Crippen molar-refractivity contribution in [3.8, 4) is 22.3 Å². The highest BCUT2D eigenvalue weighted by molar-refractivity contribution is 5.88. The van der Waals surface area contributed by atoms with E-state index < -0.39 is 0 Å². The fourth-order valence-corrected chi connectivity index (χ4v) is 14.5. The molecule has 5 aromatic rings. The Balaban J connectivity index is 0.961. The fraction of sp³-hybridized carbons (Fsp3) is 0.385. The van der Waals surface area contributed by atoms with E-state index in [-0.39, 0.29) is 22.3 Å². The maximum Gasteiger partial charge on any atom is 0.0596 e. The summed E-state index contributed by atoms with van der Waals surface area (Å²) in [5.74, 6) is 4.09. The molecule has 5 fully saturated rings. The molecule has 7 aliphatic rings. The minimum absolute atomic E-state index is 0.198. The molecule has 0 radical (unpaired) electrons. The lowest BCUT2D eigenvalue weighted by molar-refractivity contribution is -0.231. The van der Waals surface area contributed by atoms with E-state index in [0.717, 1.165) is 23.7 Å². The van der Waals surface area contributed by atoms with Crippen molar-refractivity contribution in [2.45, 2.75) is 77.7 Å². The van der Waals surface area contributed by atoms with Crippen LogP contribution in [0.25, 0.3) is 33.0 Å². The lowest BCUT2D eigenvalue weighted by Crippen LogP contribution is -2.73. The first-order valence-electron chi connectivity index (χ1n) is 20.7. The van der Waals surface area contributed by atoms with E-state index in [9.17, 15) is 0 Å². The summed E-state index contributed by atoms with van der Waals surface area (Å²) in [7, 11) is 0. The van der Waals surface area contributed by atoms with Gasteiger partial charge in [-0.05, 0) is 153 Å². The highest BCUT2D eigenvalue weighted by Crippen LogP contribution is 2.89. The van der Waals surface area contributed by atoms with Crippen LogP contribution in [-0.2, 0) is 5.41 Å². The van der Waals surface area contributed by atoms with Gasteiger partial charge in [-0.25, -0.2) is 0 Å². The number of anilines is 2. The van der Waals surface area contributed by atoms with E-state index in [1.807, 2.05) is 0 Å². The molecule has 2 spiro atoms. The molecule has 0 aromatic heterocycles. The molecular formula is C52H51N. The van der Waals surface area contributed by atoms with Crippen molar-refractivity contribution in [3.05, 3.63) is 144 Å². The molecule has 1 nitrogen and oxygen atoms in total. The van der Waals surface area contributed by atoms with Crippen LogP contribution in [0.5, 0.6) is 0 Å². The zero-order valence-electron chi connectivity index (χ0n) is 31.8. The third-order valence-electron chi connectivity index (χ3n) is 16.7. The van der Waals surface area contributed by atoms with E-state index in [4.69, 9.17) is 0 Å². The van der Waals surface area contributed by atoms with Crippen LogP contribution >= 0.6 is 0 Å². The highest BCUT2D eigenvalue weighted by atomic mass is 15.2. The molecule has 1 heteroatoms. The smallest absolute Gasteiger partial charge is 0.0596 e. The van der Waals surface area contributed by atoms with Crippen molar-refractivity contribution in [2.75, 3.05) is 4.90 Å². The second-order valence-corrected chi connectivity index (χ2v) is 19.7. The summed E-state index contributed by atoms with van der Waals surface area (Å²) in [6.07, 6.45) is 15.7. The Bertz CT molecular complexity index is 2420. The van der Waals surface area contributed by atoms with E-state index in [2.05, 4.69) is 160 Å². The van der Waals surface area contributed by atoms with Crippen molar-refractivity contribution in [1.82, 2.24) is 0 Å². The molecule has 264 valence electrons. The van der Waals surface area contributed by atoms with Crippen LogP contribution < -0.4 is 4.90 Å². The van der Waals surface area contributed by atoms with Gasteiger partial charge in [0, 0.05) is 22.7 Å². The Kier molecular flexibility index (Phi) is 5.99. The van der Waals surface area contributed by atoms with Gasteiger partial charge in [0.25, 0.3) is 0 Å². The number of rotatable bonds is 4. The molecule has 8 atom stereocenters. The molecule has 5 aromatic carbocycles. The van der Waals surface area contributed by atoms with Crippen molar-refractivity contribution in [1.29, 1.82) is 0 Å². The second kappa shape index (κ2) is 10.2. The third-order valence-corrected chi connectivity index (χ3v) is 16.7. The zero-order chi connectivity index (χ0) is 35.5. The van der Waals surface area contributed by atoms with Gasteiger partial charge in [0.1, 0.15) is 0 Å². The van der Waals surface area contributed by atoms with E-state index in [1.165, 1.54) is 82.9 Å². The van der Waals surface area contributed by atoms with E-state index >= 15 is 0 Å². The maximum absolute atomic E-state index is 2.66. The number of hydrogen-bond donors (Lipinski definition) is 0. The molecule has 53 heavy (non-hydrogen) atoms. The number of nitrogens with zero attached hydrogens (tertiary/aromatic N) is 1. The quantitative estimate of drug-likeness (QED) is 0.182. The molecule has 5 saturated carbocycles. The van der Waals surface area contributed by atoms with Crippen molar-refractivity contribution >= 4 is 22.1 Å². The molecular weight excluding hydrogens is 639 g/mol. The first-order valence-corrected chi connectivity index (χ1v) is 20.7. The minimum Gasteiger partial charge on any atom is -0.334 e. The summed E-state index contributed by atoms with van der Waals surface area (Å²) in [5, 5.41) is 2.59. The third kappa shape index (κ3) is 3.80. The number of fused-ring (bicyclic) bond motifs is 10.